The average Bonchev–Trinajstić information content (AvgIpc) is 2.87. The molecule has 0 spiro atoms. The Morgan fingerprint density at radius 2 is 2.05 bits per heavy atom. The standard InChI is InChI=1S/C12H8N2O5S/c15-11(7-2-1-3-8(4-7)14(18)19)13-10-6-20-5-9(10)12(16)17/h1-6H,(H,13,15)(H,16,17). The zero-order valence-electron chi connectivity index (χ0n) is 9.90. The number of nitro groups is 1. The minimum atomic E-state index is -1.15. The summed E-state index contributed by atoms with van der Waals surface area (Å²) in [7, 11) is 0. The molecule has 7 nitrogen and oxygen atoms in total. The first-order valence-corrected chi connectivity index (χ1v) is 6.28. The van der Waals surface area contributed by atoms with Gasteiger partial charge in [-0.25, -0.2) is 4.79 Å². The van der Waals surface area contributed by atoms with Crippen molar-refractivity contribution < 1.29 is 19.6 Å². The van der Waals surface area contributed by atoms with Gasteiger partial charge in [-0.3, -0.25) is 14.9 Å². The van der Waals surface area contributed by atoms with E-state index in [0.717, 1.165) is 17.4 Å². The van der Waals surface area contributed by atoms with Crippen LogP contribution in [0.25, 0.3) is 0 Å². The molecule has 2 rings (SSSR count). The molecule has 0 bridgehead atoms. The third-order valence-electron chi connectivity index (χ3n) is 2.46. The Balaban J connectivity index is 2.24. The maximum Gasteiger partial charge on any atom is 0.338 e. The Kier molecular flexibility index (Phi) is 3.76. The summed E-state index contributed by atoms with van der Waals surface area (Å²) in [6.45, 7) is 0. The van der Waals surface area contributed by atoms with Gasteiger partial charge in [0, 0.05) is 28.5 Å². The van der Waals surface area contributed by atoms with Crippen LogP contribution in [0.15, 0.2) is 35.0 Å². The van der Waals surface area contributed by atoms with Gasteiger partial charge in [-0.2, -0.15) is 0 Å². The van der Waals surface area contributed by atoms with Gasteiger partial charge in [-0.1, -0.05) is 6.07 Å². The number of hydrogen-bond acceptors (Lipinski definition) is 5. The first-order valence-electron chi connectivity index (χ1n) is 5.34. The molecule has 0 aliphatic carbocycles. The monoisotopic (exact) mass is 292 g/mol. The highest BCUT2D eigenvalue weighted by atomic mass is 32.1. The van der Waals surface area contributed by atoms with Gasteiger partial charge in [-0.15, -0.1) is 11.3 Å². The Hall–Kier alpha value is -2.74. The summed E-state index contributed by atoms with van der Waals surface area (Å²) in [4.78, 5) is 32.9. The molecule has 0 radical (unpaired) electrons. The predicted octanol–water partition coefficient (Wildman–Crippen LogP) is 2.61. The van der Waals surface area contributed by atoms with Gasteiger partial charge in [-0.05, 0) is 6.07 Å². The molecule has 20 heavy (non-hydrogen) atoms. The van der Waals surface area contributed by atoms with Crippen LogP contribution in [0.4, 0.5) is 11.4 Å². The molecule has 1 aromatic carbocycles. The molecule has 1 heterocycles. The Bertz CT molecular complexity index is 695. The van der Waals surface area contributed by atoms with Crippen molar-refractivity contribution in [2.75, 3.05) is 5.32 Å². The fourth-order valence-electron chi connectivity index (χ4n) is 1.51. The number of nitro benzene ring substituents is 1. The normalized spacial score (nSPS) is 10.0. The van der Waals surface area contributed by atoms with Crippen LogP contribution in [0.1, 0.15) is 20.7 Å². The van der Waals surface area contributed by atoms with Crippen molar-refractivity contribution in [1.29, 1.82) is 0 Å². The number of carbonyl (C=O) groups is 2. The van der Waals surface area contributed by atoms with Crippen molar-refractivity contribution in [2.45, 2.75) is 0 Å². The minimum absolute atomic E-state index is 0.0196. The van der Waals surface area contributed by atoms with Crippen LogP contribution in [-0.4, -0.2) is 21.9 Å². The van der Waals surface area contributed by atoms with E-state index in [1.54, 1.807) is 0 Å². The van der Waals surface area contributed by atoms with Crippen molar-refractivity contribution in [3.8, 4) is 0 Å². The van der Waals surface area contributed by atoms with Crippen molar-refractivity contribution in [3.63, 3.8) is 0 Å². The molecule has 2 N–H and O–H groups in total. The highest BCUT2D eigenvalue weighted by Crippen LogP contribution is 2.22. The highest BCUT2D eigenvalue weighted by Gasteiger charge is 2.16. The third kappa shape index (κ3) is 2.81. The number of aromatic carboxylic acids is 1. The maximum absolute atomic E-state index is 11.9. The van der Waals surface area contributed by atoms with Crippen LogP contribution in [-0.2, 0) is 0 Å². The molecule has 0 aliphatic heterocycles. The summed E-state index contributed by atoms with van der Waals surface area (Å²) in [5, 5.41) is 24.9. The van der Waals surface area contributed by atoms with Gasteiger partial charge in [0.25, 0.3) is 11.6 Å². The van der Waals surface area contributed by atoms with Crippen LogP contribution in [0.3, 0.4) is 0 Å². The number of amides is 1. The first kappa shape index (κ1) is 13.7. The fraction of sp³-hybridized carbons (Fsp3) is 0. The second-order valence-electron chi connectivity index (χ2n) is 3.77. The molecule has 0 saturated carbocycles. The summed E-state index contributed by atoms with van der Waals surface area (Å²) in [6.07, 6.45) is 0. The number of carboxylic acids is 1. The predicted molar refractivity (Wildman–Crippen MR) is 72.3 cm³/mol. The lowest BCUT2D eigenvalue weighted by Crippen LogP contribution is -2.13. The van der Waals surface area contributed by atoms with E-state index in [1.165, 1.54) is 29.0 Å². The summed E-state index contributed by atoms with van der Waals surface area (Å²) in [6, 6.07) is 5.19. The molecule has 0 fully saturated rings. The first-order chi connectivity index (χ1) is 9.49. The van der Waals surface area contributed by atoms with Crippen LogP contribution >= 0.6 is 11.3 Å². The molecule has 0 aliphatic rings. The number of anilines is 1. The fourth-order valence-corrected chi connectivity index (χ4v) is 2.27. The van der Waals surface area contributed by atoms with E-state index >= 15 is 0 Å². The number of thiophene rings is 1. The molecule has 0 atom stereocenters. The molecular formula is C12H8N2O5S. The molecule has 2 aromatic rings. The second kappa shape index (κ2) is 5.49. The van der Waals surface area contributed by atoms with E-state index in [1.807, 2.05) is 0 Å². The van der Waals surface area contributed by atoms with Crippen LogP contribution < -0.4 is 5.32 Å². The zero-order chi connectivity index (χ0) is 14.7. The average molecular weight is 292 g/mol. The number of nitrogens with zero attached hydrogens (tertiary/aromatic N) is 1. The molecular weight excluding hydrogens is 284 g/mol. The van der Waals surface area contributed by atoms with Gasteiger partial charge in [0.05, 0.1) is 16.2 Å². The highest BCUT2D eigenvalue weighted by molar-refractivity contribution is 7.08. The largest absolute Gasteiger partial charge is 0.478 e. The lowest BCUT2D eigenvalue weighted by molar-refractivity contribution is -0.384. The quantitative estimate of drug-likeness (QED) is 0.665. The van der Waals surface area contributed by atoms with Gasteiger partial charge in [0.2, 0.25) is 0 Å². The summed E-state index contributed by atoms with van der Waals surface area (Å²) in [5.41, 5.74) is 0.0240. The topological polar surface area (TPSA) is 110 Å². The number of carbonyl (C=O) groups excluding carboxylic acids is 1. The van der Waals surface area contributed by atoms with Crippen LogP contribution in [0, 0.1) is 10.1 Å². The molecule has 0 saturated heterocycles. The van der Waals surface area contributed by atoms with Gasteiger partial charge >= 0.3 is 5.97 Å². The Morgan fingerprint density at radius 1 is 1.30 bits per heavy atom. The number of carboxylic acid groups (broad SMARTS) is 1. The minimum Gasteiger partial charge on any atom is -0.478 e. The van der Waals surface area contributed by atoms with E-state index in [0.29, 0.717) is 0 Å². The second-order valence-corrected chi connectivity index (χ2v) is 4.51. The lowest BCUT2D eigenvalue weighted by Gasteiger charge is -2.04. The van der Waals surface area contributed by atoms with Gasteiger partial charge in [0.1, 0.15) is 0 Å². The number of hydrogen-bond donors (Lipinski definition) is 2. The van der Waals surface area contributed by atoms with Gasteiger partial charge < -0.3 is 10.4 Å². The summed E-state index contributed by atoms with van der Waals surface area (Å²) in [5.74, 6) is -1.75. The van der Waals surface area contributed by atoms with E-state index in [2.05, 4.69) is 5.32 Å². The molecule has 0 unspecified atom stereocenters. The number of benzene rings is 1. The SMILES string of the molecule is O=C(Nc1cscc1C(=O)O)c1cccc([N+](=O)[O-])c1. The molecule has 102 valence electrons. The zero-order valence-corrected chi connectivity index (χ0v) is 10.7. The van der Waals surface area contributed by atoms with Crippen LogP contribution in [0.2, 0.25) is 0 Å². The number of non-ortho nitro benzene ring substituents is 1. The van der Waals surface area contributed by atoms with Crippen LogP contribution in [0.5, 0.6) is 0 Å². The van der Waals surface area contributed by atoms with Gasteiger partial charge in [0.15, 0.2) is 0 Å². The van der Waals surface area contributed by atoms with Crippen molar-refractivity contribution in [1.82, 2.24) is 0 Å². The van der Waals surface area contributed by atoms with E-state index < -0.39 is 16.8 Å². The van der Waals surface area contributed by atoms with Crippen molar-refractivity contribution in [2.24, 2.45) is 0 Å². The molecule has 1 aromatic heterocycles. The van der Waals surface area contributed by atoms with E-state index in [4.69, 9.17) is 5.11 Å². The lowest BCUT2D eigenvalue weighted by atomic mass is 10.2. The van der Waals surface area contributed by atoms with Crippen molar-refractivity contribution in [3.05, 3.63) is 56.3 Å². The summed E-state index contributed by atoms with van der Waals surface area (Å²) < 4.78 is 0. The Labute approximate surface area is 116 Å². The van der Waals surface area contributed by atoms with E-state index in [-0.39, 0.29) is 22.5 Å². The van der Waals surface area contributed by atoms with E-state index in [9.17, 15) is 19.7 Å². The molecule has 8 heteroatoms. The third-order valence-corrected chi connectivity index (χ3v) is 3.20. The summed E-state index contributed by atoms with van der Waals surface area (Å²) >= 11 is 1.14. The number of rotatable bonds is 4. The Morgan fingerprint density at radius 3 is 2.70 bits per heavy atom. The molecule has 1 amide bonds. The smallest absolute Gasteiger partial charge is 0.338 e. The number of nitrogens with one attached hydrogen (secondary N) is 1. The van der Waals surface area contributed by atoms with Crippen molar-refractivity contribution >= 4 is 34.6 Å². The maximum atomic E-state index is 11.9.